The van der Waals surface area contributed by atoms with Crippen molar-refractivity contribution < 1.29 is 13.2 Å². The van der Waals surface area contributed by atoms with E-state index in [1.54, 1.807) is 6.92 Å². The normalized spacial score (nSPS) is 11.7. The number of aromatic amines is 1. The standard InChI is InChI=1S/C8H15N3O3S/c1-6-7(2)9-10-8(6)11-15(12,13)5-4-14-3/h4-5H2,1-3H3,(H2,9,10,11). The van der Waals surface area contributed by atoms with E-state index in [4.69, 9.17) is 4.74 Å². The molecule has 0 aliphatic rings. The number of ether oxygens (including phenoxy) is 1. The number of hydrogen-bond donors (Lipinski definition) is 2. The highest BCUT2D eigenvalue weighted by atomic mass is 32.2. The minimum absolute atomic E-state index is 0.0746. The van der Waals surface area contributed by atoms with Gasteiger partial charge in [-0.3, -0.25) is 9.82 Å². The fourth-order valence-corrected chi connectivity index (χ4v) is 1.96. The van der Waals surface area contributed by atoms with E-state index in [0.29, 0.717) is 5.82 Å². The monoisotopic (exact) mass is 233 g/mol. The molecule has 0 bridgehead atoms. The summed E-state index contributed by atoms with van der Waals surface area (Å²) in [5.41, 5.74) is 1.65. The van der Waals surface area contributed by atoms with Crippen molar-refractivity contribution in [1.29, 1.82) is 0 Å². The Balaban J connectivity index is 2.73. The molecule has 0 atom stereocenters. The SMILES string of the molecule is COCCS(=O)(=O)Nc1n[nH]c(C)c1C. The summed E-state index contributed by atoms with van der Waals surface area (Å²) in [6.07, 6.45) is 0. The van der Waals surface area contributed by atoms with Crippen molar-refractivity contribution in [3.05, 3.63) is 11.3 Å². The molecule has 0 unspecified atom stereocenters. The van der Waals surface area contributed by atoms with Crippen LogP contribution in [0.25, 0.3) is 0 Å². The van der Waals surface area contributed by atoms with Crippen LogP contribution in [-0.2, 0) is 14.8 Å². The largest absolute Gasteiger partial charge is 0.384 e. The first-order valence-electron chi connectivity index (χ1n) is 4.47. The minimum atomic E-state index is -3.36. The Labute approximate surface area is 89.1 Å². The van der Waals surface area contributed by atoms with Gasteiger partial charge in [-0.05, 0) is 13.8 Å². The van der Waals surface area contributed by atoms with Crippen molar-refractivity contribution in [3.8, 4) is 0 Å². The van der Waals surface area contributed by atoms with Crippen LogP contribution in [0.15, 0.2) is 0 Å². The van der Waals surface area contributed by atoms with E-state index in [1.807, 2.05) is 6.92 Å². The first kappa shape index (κ1) is 12.0. The van der Waals surface area contributed by atoms with Crippen LogP contribution in [-0.4, -0.2) is 38.1 Å². The Bertz CT molecular complexity index is 424. The fraction of sp³-hybridized carbons (Fsp3) is 0.625. The molecule has 1 rings (SSSR count). The Morgan fingerprint density at radius 1 is 1.47 bits per heavy atom. The zero-order chi connectivity index (χ0) is 11.5. The first-order chi connectivity index (χ1) is 6.96. The number of rotatable bonds is 5. The highest BCUT2D eigenvalue weighted by Crippen LogP contribution is 2.15. The Morgan fingerprint density at radius 3 is 2.60 bits per heavy atom. The van der Waals surface area contributed by atoms with E-state index in [2.05, 4.69) is 14.9 Å². The van der Waals surface area contributed by atoms with Gasteiger partial charge in [-0.15, -0.1) is 0 Å². The lowest BCUT2D eigenvalue weighted by Gasteiger charge is -2.05. The summed E-state index contributed by atoms with van der Waals surface area (Å²) in [5, 5.41) is 6.56. The molecule has 0 radical (unpaired) electrons. The van der Waals surface area contributed by atoms with Crippen LogP contribution in [0.5, 0.6) is 0 Å². The molecule has 0 amide bonds. The minimum Gasteiger partial charge on any atom is -0.384 e. The molecule has 0 aliphatic heterocycles. The Morgan fingerprint density at radius 2 is 2.13 bits per heavy atom. The number of aromatic nitrogens is 2. The smallest absolute Gasteiger partial charge is 0.236 e. The number of anilines is 1. The van der Waals surface area contributed by atoms with Crippen molar-refractivity contribution in [1.82, 2.24) is 10.2 Å². The van der Waals surface area contributed by atoms with E-state index in [-0.39, 0.29) is 12.4 Å². The third-order valence-corrected chi connectivity index (χ3v) is 3.27. The molecule has 1 heterocycles. The number of H-pyrrole nitrogens is 1. The van der Waals surface area contributed by atoms with Crippen LogP contribution in [0.2, 0.25) is 0 Å². The number of nitrogens with zero attached hydrogens (tertiary/aromatic N) is 1. The molecule has 15 heavy (non-hydrogen) atoms. The summed E-state index contributed by atoms with van der Waals surface area (Å²) < 4.78 is 30.0. The molecule has 0 aliphatic carbocycles. The van der Waals surface area contributed by atoms with Gasteiger partial charge in [0.05, 0.1) is 12.4 Å². The van der Waals surface area contributed by atoms with E-state index >= 15 is 0 Å². The van der Waals surface area contributed by atoms with Crippen LogP contribution >= 0.6 is 0 Å². The van der Waals surface area contributed by atoms with Crippen LogP contribution in [0, 0.1) is 13.8 Å². The second-order valence-corrected chi connectivity index (χ2v) is 5.08. The lowest BCUT2D eigenvalue weighted by atomic mass is 10.3. The van der Waals surface area contributed by atoms with Crippen LogP contribution in [0.3, 0.4) is 0 Å². The molecule has 0 fully saturated rings. The molecule has 0 aromatic carbocycles. The number of methoxy groups -OCH3 is 1. The summed E-state index contributed by atoms with van der Waals surface area (Å²) >= 11 is 0. The first-order valence-corrected chi connectivity index (χ1v) is 6.12. The second kappa shape index (κ2) is 4.63. The third-order valence-electron chi connectivity index (χ3n) is 2.06. The van der Waals surface area contributed by atoms with Gasteiger partial charge in [0.25, 0.3) is 0 Å². The highest BCUT2D eigenvalue weighted by molar-refractivity contribution is 7.92. The number of nitrogens with one attached hydrogen (secondary N) is 2. The predicted octanol–water partition coefficient (Wildman–Crippen LogP) is 0.415. The van der Waals surface area contributed by atoms with Crippen molar-refractivity contribution in [2.24, 2.45) is 0 Å². The van der Waals surface area contributed by atoms with Crippen molar-refractivity contribution in [2.75, 3.05) is 24.2 Å². The van der Waals surface area contributed by atoms with Crippen molar-refractivity contribution in [2.45, 2.75) is 13.8 Å². The lowest BCUT2D eigenvalue weighted by molar-refractivity contribution is 0.217. The lowest BCUT2D eigenvalue weighted by Crippen LogP contribution is -2.20. The van der Waals surface area contributed by atoms with Gasteiger partial charge >= 0.3 is 0 Å². The molecule has 0 saturated carbocycles. The summed E-state index contributed by atoms with van der Waals surface area (Å²) in [7, 11) is -1.91. The van der Waals surface area contributed by atoms with Crippen molar-refractivity contribution >= 4 is 15.8 Å². The molecular formula is C8H15N3O3S. The van der Waals surface area contributed by atoms with Gasteiger partial charge in [-0.1, -0.05) is 0 Å². The topological polar surface area (TPSA) is 84.1 Å². The van der Waals surface area contributed by atoms with Gasteiger partial charge in [0, 0.05) is 18.4 Å². The maximum atomic E-state index is 11.5. The maximum Gasteiger partial charge on any atom is 0.236 e. The summed E-state index contributed by atoms with van der Waals surface area (Å²) in [6.45, 7) is 3.79. The van der Waals surface area contributed by atoms with Crippen LogP contribution in [0.4, 0.5) is 5.82 Å². The van der Waals surface area contributed by atoms with E-state index in [9.17, 15) is 8.42 Å². The highest BCUT2D eigenvalue weighted by Gasteiger charge is 2.14. The van der Waals surface area contributed by atoms with Gasteiger partial charge in [0.1, 0.15) is 0 Å². The van der Waals surface area contributed by atoms with Crippen LogP contribution < -0.4 is 4.72 Å². The van der Waals surface area contributed by atoms with Crippen LogP contribution in [0.1, 0.15) is 11.3 Å². The van der Waals surface area contributed by atoms with Gasteiger partial charge in [-0.2, -0.15) is 5.10 Å². The van der Waals surface area contributed by atoms with Crippen molar-refractivity contribution in [3.63, 3.8) is 0 Å². The molecular weight excluding hydrogens is 218 g/mol. The van der Waals surface area contributed by atoms with Gasteiger partial charge < -0.3 is 4.74 Å². The average Bonchev–Trinajstić information content (AvgIpc) is 2.46. The molecule has 1 aromatic rings. The van der Waals surface area contributed by atoms with E-state index in [1.165, 1.54) is 7.11 Å². The van der Waals surface area contributed by atoms with E-state index in [0.717, 1.165) is 11.3 Å². The third kappa shape index (κ3) is 3.21. The number of aryl methyl sites for hydroxylation is 1. The van der Waals surface area contributed by atoms with Gasteiger partial charge in [-0.25, -0.2) is 8.42 Å². The van der Waals surface area contributed by atoms with E-state index < -0.39 is 10.0 Å². The summed E-state index contributed by atoms with van der Waals surface area (Å²) in [5.74, 6) is 0.276. The predicted molar refractivity (Wildman–Crippen MR) is 57.3 cm³/mol. The average molecular weight is 233 g/mol. The number of hydrogen-bond acceptors (Lipinski definition) is 4. The summed E-state index contributed by atoms with van der Waals surface area (Å²) in [6, 6.07) is 0. The molecule has 6 nitrogen and oxygen atoms in total. The quantitative estimate of drug-likeness (QED) is 0.771. The second-order valence-electron chi connectivity index (χ2n) is 3.24. The summed E-state index contributed by atoms with van der Waals surface area (Å²) in [4.78, 5) is 0. The Hall–Kier alpha value is -1.08. The molecule has 1 aromatic heterocycles. The zero-order valence-electron chi connectivity index (χ0n) is 8.99. The molecule has 0 spiro atoms. The van der Waals surface area contributed by atoms with Gasteiger partial charge in [0.2, 0.25) is 10.0 Å². The molecule has 2 N–H and O–H groups in total. The Kier molecular flexibility index (Phi) is 3.70. The number of sulfonamides is 1. The fourth-order valence-electron chi connectivity index (χ4n) is 0.976. The van der Waals surface area contributed by atoms with Gasteiger partial charge in [0.15, 0.2) is 5.82 Å². The molecule has 86 valence electrons. The zero-order valence-corrected chi connectivity index (χ0v) is 9.81. The molecule has 0 saturated heterocycles. The molecule has 7 heteroatoms. The maximum absolute atomic E-state index is 11.5.